The molecular formula is C16H22Cl2N2O. The number of unbranched alkanes of at least 4 members (excludes halogenated alkanes) is 1. The molecule has 2 N–H and O–H groups in total. The smallest absolute Gasteiger partial charge is 0.239 e. The van der Waals surface area contributed by atoms with Crippen LogP contribution in [-0.4, -0.2) is 23.4 Å². The molecule has 1 fully saturated rings. The van der Waals surface area contributed by atoms with Gasteiger partial charge in [-0.15, -0.1) is 0 Å². The Labute approximate surface area is 136 Å². The Morgan fingerprint density at radius 3 is 2.86 bits per heavy atom. The number of halogens is 2. The molecule has 1 aliphatic rings. The number of carbonyl (C=O) groups is 1. The topological polar surface area (TPSA) is 46.3 Å². The van der Waals surface area contributed by atoms with Crippen LogP contribution in [0.3, 0.4) is 0 Å². The summed E-state index contributed by atoms with van der Waals surface area (Å²) in [4.78, 5) is 14.4. The second-order valence-electron chi connectivity index (χ2n) is 5.61. The maximum absolute atomic E-state index is 12.5. The van der Waals surface area contributed by atoms with Gasteiger partial charge in [-0.25, -0.2) is 0 Å². The van der Waals surface area contributed by atoms with Crippen molar-refractivity contribution in [3.8, 4) is 0 Å². The number of hydrogen-bond donors (Lipinski definition) is 1. The highest BCUT2D eigenvalue weighted by molar-refractivity contribution is 6.42. The van der Waals surface area contributed by atoms with Crippen LogP contribution in [0.5, 0.6) is 0 Å². The molecule has 1 aromatic carbocycles. The van der Waals surface area contributed by atoms with Crippen molar-refractivity contribution in [1.29, 1.82) is 0 Å². The van der Waals surface area contributed by atoms with Gasteiger partial charge in [-0.05, 0) is 37.0 Å². The summed E-state index contributed by atoms with van der Waals surface area (Å²) in [6, 6.07) is 5.27. The molecule has 21 heavy (non-hydrogen) atoms. The van der Waals surface area contributed by atoms with Crippen LogP contribution in [0, 0.1) is 0 Å². The van der Waals surface area contributed by atoms with Gasteiger partial charge in [0.25, 0.3) is 0 Å². The molecule has 1 aromatic rings. The van der Waals surface area contributed by atoms with Crippen molar-refractivity contribution < 1.29 is 4.79 Å². The first-order valence-electron chi connectivity index (χ1n) is 7.55. The van der Waals surface area contributed by atoms with Gasteiger partial charge in [0.15, 0.2) is 0 Å². The maximum atomic E-state index is 12.5. The van der Waals surface area contributed by atoms with Gasteiger partial charge in [-0.3, -0.25) is 4.79 Å². The summed E-state index contributed by atoms with van der Waals surface area (Å²) in [5.41, 5.74) is 7.08. The number of hydrogen-bond acceptors (Lipinski definition) is 2. The minimum absolute atomic E-state index is 0.0528. The first kappa shape index (κ1) is 16.6. The van der Waals surface area contributed by atoms with Gasteiger partial charge in [-0.2, -0.15) is 0 Å². The van der Waals surface area contributed by atoms with Gasteiger partial charge in [0.2, 0.25) is 5.91 Å². The van der Waals surface area contributed by atoms with E-state index in [4.69, 9.17) is 28.9 Å². The highest BCUT2D eigenvalue weighted by atomic mass is 35.5. The van der Waals surface area contributed by atoms with Crippen LogP contribution < -0.4 is 5.73 Å². The molecule has 1 amide bonds. The fraction of sp³-hybridized carbons (Fsp3) is 0.562. The lowest BCUT2D eigenvalue weighted by atomic mass is 10.0. The molecule has 1 saturated heterocycles. The Morgan fingerprint density at radius 2 is 2.19 bits per heavy atom. The normalized spacial score (nSPS) is 19.8. The van der Waals surface area contributed by atoms with Crippen molar-refractivity contribution in [2.24, 2.45) is 5.73 Å². The minimum atomic E-state index is -0.395. The lowest BCUT2D eigenvalue weighted by Gasteiger charge is -2.28. The first-order valence-corrected chi connectivity index (χ1v) is 8.31. The predicted molar refractivity (Wildman–Crippen MR) is 87.7 cm³/mol. The molecule has 5 heteroatoms. The fourth-order valence-corrected chi connectivity index (χ4v) is 3.16. The third kappa shape index (κ3) is 3.91. The Balaban J connectivity index is 2.12. The van der Waals surface area contributed by atoms with E-state index in [-0.39, 0.29) is 11.9 Å². The first-order chi connectivity index (χ1) is 10.0. The molecule has 0 radical (unpaired) electrons. The van der Waals surface area contributed by atoms with Gasteiger partial charge in [0.1, 0.15) is 0 Å². The van der Waals surface area contributed by atoms with E-state index in [0.717, 1.165) is 44.2 Å². The summed E-state index contributed by atoms with van der Waals surface area (Å²) in [5.74, 6) is 0.0528. The van der Waals surface area contributed by atoms with Crippen LogP contribution in [0.15, 0.2) is 18.2 Å². The minimum Gasteiger partial charge on any atom is -0.334 e. The lowest BCUT2D eigenvalue weighted by molar-refractivity contribution is -0.133. The molecule has 2 rings (SSSR count). The van der Waals surface area contributed by atoms with E-state index in [1.807, 2.05) is 17.0 Å². The number of carbonyl (C=O) groups excluding carboxylic acids is 1. The Bertz CT molecular complexity index is 507. The van der Waals surface area contributed by atoms with E-state index >= 15 is 0 Å². The van der Waals surface area contributed by atoms with Gasteiger partial charge in [0, 0.05) is 6.54 Å². The van der Waals surface area contributed by atoms with E-state index < -0.39 is 6.04 Å². The SMILES string of the molecule is CCCCC(N)C(=O)N1CCCC1c1ccc(Cl)c(Cl)c1. The highest BCUT2D eigenvalue weighted by Crippen LogP contribution is 2.35. The summed E-state index contributed by atoms with van der Waals surface area (Å²) in [6.45, 7) is 2.87. The number of amides is 1. The van der Waals surface area contributed by atoms with Crippen molar-refractivity contribution in [2.75, 3.05) is 6.54 Å². The van der Waals surface area contributed by atoms with Gasteiger partial charge in [-0.1, -0.05) is 49.0 Å². The van der Waals surface area contributed by atoms with E-state index in [9.17, 15) is 4.79 Å². The summed E-state index contributed by atoms with van der Waals surface area (Å²) in [7, 11) is 0. The zero-order valence-electron chi connectivity index (χ0n) is 12.3. The van der Waals surface area contributed by atoms with Crippen LogP contribution in [0.1, 0.15) is 50.6 Å². The molecule has 3 nitrogen and oxygen atoms in total. The zero-order chi connectivity index (χ0) is 15.4. The van der Waals surface area contributed by atoms with E-state index in [1.165, 1.54) is 0 Å². The third-order valence-electron chi connectivity index (χ3n) is 4.05. The van der Waals surface area contributed by atoms with Crippen LogP contribution in [0.4, 0.5) is 0 Å². The van der Waals surface area contributed by atoms with Crippen LogP contribution >= 0.6 is 23.2 Å². The second-order valence-corrected chi connectivity index (χ2v) is 6.43. The summed E-state index contributed by atoms with van der Waals surface area (Å²) in [5, 5.41) is 1.07. The molecule has 1 heterocycles. The molecule has 1 aliphatic heterocycles. The molecule has 0 saturated carbocycles. The number of rotatable bonds is 5. The van der Waals surface area contributed by atoms with Crippen molar-refractivity contribution >= 4 is 29.1 Å². The third-order valence-corrected chi connectivity index (χ3v) is 4.79. The van der Waals surface area contributed by atoms with E-state index in [1.54, 1.807) is 6.07 Å². The van der Waals surface area contributed by atoms with Crippen molar-refractivity contribution in [3.05, 3.63) is 33.8 Å². The fourth-order valence-electron chi connectivity index (χ4n) is 2.86. The van der Waals surface area contributed by atoms with Crippen molar-refractivity contribution in [2.45, 2.75) is 51.1 Å². The summed E-state index contributed by atoms with van der Waals surface area (Å²) >= 11 is 12.1. The average Bonchev–Trinajstić information content (AvgIpc) is 2.96. The number of nitrogens with two attached hydrogens (primary N) is 1. The highest BCUT2D eigenvalue weighted by Gasteiger charge is 2.32. The number of nitrogens with zero attached hydrogens (tertiary/aromatic N) is 1. The Morgan fingerprint density at radius 1 is 1.43 bits per heavy atom. The van der Waals surface area contributed by atoms with E-state index in [0.29, 0.717) is 10.0 Å². The van der Waals surface area contributed by atoms with Crippen molar-refractivity contribution in [3.63, 3.8) is 0 Å². The van der Waals surface area contributed by atoms with Crippen LogP contribution in [-0.2, 0) is 4.79 Å². The zero-order valence-corrected chi connectivity index (χ0v) is 13.8. The Hall–Kier alpha value is -0.770. The molecule has 0 aliphatic carbocycles. The average molecular weight is 329 g/mol. The largest absolute Gasteiger partial charge is 0.334 e. The number of benzene rings is 1. The molecule has 116 valence electrons. The Kier molecular flexibility index (Phi) is 5.91. The summed E-state index contributed by atoms with van der Waals surface area (Å²) < 4.78 is 0. The quantitative estimate of drug-likeness (QED) is 0.881. The summed E-state index contributed by atoms with van der Waals surface area (Å²) in [6.07, 6.45) is 4.73. The van der Waals surface area contributed by atoms with E-state index in [2.05, 4.69) is 6.92 Å². The molecule has 0 spiro atoms. The monoisotopic (exact) mass is 328 g/mol. The molecule has 0 aromatic heterocycles. The molecule has 2 atom stereocenters. The van der Waals surface area contributed by atoms with Gasteiger partial charge < -0.3 is 10.6 Å². The molecular weight excluding hydrogens is 307 g/mol. The van der Waals surface area contributed by atoms with Gasteiger partial charge >= 0.3 is 0 Å². The van der Waals surface area contributed by atoms with Gasteiger partial charge in [0.05, 0.1) is 22.1 Å². The number of likely N-dealkylation sites (tertiary alicyclic amines) is 1. The lowest BCUT2D eigenvalue weighted by Crippen LogP contribution is -2.43. The van der Waals surface area contributed by atoms with Crippen LogP contribution in [0.2, 0.25) is 10.0 Å². The standard InChI is InChI=1S/C16H22Cl2N2O/c1-2-3-5-14(19)16(21)20-9-4-6-15(20)11-7-8-12(17)13(18)10-11/h7-8,10,14-15H,2-6,9,19H2,1H3. The predicted octanol–water partition coefficient (Wildman–Crippen LogP) is 4.17. The second kappa shape index (κ2) is 7.48. The maximum Gasteiger partial charge on any atom is 0.239 e. The van der Waals surface area contributed by atoms with Crippen LogP contribution in [0.25, 0.3) is 0 Å². The molecule has 2 unspecified atom stereocenters. The molecule has 0 bridgehead atoms. The van der Waals surface area contributed by atoms with Crippen molar-refractivity contribution in [1.82, 2.24) is 4.90 Å².